The van der Waals surface area contributed by atoms with Crippen molar-refractivity contribution in [2.45, 2.75) is 32.9 Å². The molecule has 7 heteroatoms. The van der Waals surface area contributed by atoms with E-state index in [2.05, 4.69) is 5.32 Å². The van der Waals surface area contributed by atoms with E-state index >= 15 is 0 Å². The van der Waals surface area contributed by atoms with Gasteiger partial charge in [-0.1, -0.05) is 83.4 Å². The molecule has 3 rings (SSSR count). The van der Waals surface area contributed by atoms with Crippen molar-refractivity contribution in [1.82, 2.24) is 10.2 Å². The molecule has 1 N–H and O–H groups in total. The van der Waals surface area contributed by atoms with Crippen LogP contribution in [0.1, 0.15) is 23.6 Å². The molecular weight excluding hydrogens is 471 g/mol. The summed E-state index contributed by atoms with van der Waals surface area (Å²) in [7, 11) is 0. The van der Waals surface area contributed by atoms with E-state index in [0.717, 1.165) is 16.7 Å². The molecule has 3 aromatic rings. The topological polar surface area (TPSA) is 58.6 Å². The fourth-order valence-corrected chi connectivity index (χ4v) is 4.13. The zero-order valence-electron chi connectivity index (χ0n) is 19.3. The number of ether oxygens (including phenoxy) is 1. The molecule has 2 amide bonds. The SMILES string of the molecule is CCNC(=O)C(Cc1ccccc1)N(Cc1cccc(C)c1)C(=O)COc1ccc(Cl)cc1Cl. The van der Waals surface area contributed by atoms with Gasteiger partial charge in [-0.25, -0.2) is 0 Å². The lowest BCUT2D eigenvalue weighted by molar-refractivity contribution is -0.142. The van der Waals surface area contributed by atoms with Gasteiger partial charge in [-0.2, -0.15) is 0 Å². The Hall–Kier alpha value is -3.02. The number of carbonyl (C=O) groups is 2. The highest BCUT2D eigenvalue weighted by atomic mass is 35.5. The number of amides is 2. The molecule has 0 aromatic heterocycles. The van der Waals surface area contributed by atoms with E-state index in [1.54, 1.807) is 23.1 Å². The normalized spacial score (nSPS) is 11.5. The van der Waals surface area contributed by atoms with Crippen molar-refractivity contribution in [3.63, 3.8) is 0 Å². The maximum absolute atomic E-state index is 13.5. The number of benzene rings is 3. The van der Waals surface area contributed by atoms with Crippen LogP contribution >= 0.6 is 23.2 Å². The first-order chi connectivity index (χ1) is 16.4. The number of nitrogens with zero attached hydrogens (tertiary/aromatic N) is 1. The second kappa shape index (κ2) is 12.4. The van der Waals surface area contributed by atoms with Gasteiger partial charge < -0.3 is 15.0 Å². The largest absolute Gasteiger partial charge is 0.482 e. The van der Waals surface area contributed by atoms with Crippen LogP contribution in [0, 0.1) is 6.92 Å². The second-order valence-electron chi connectivity index (χ2n) is 7.97. The van der Waals surface area contributed by atoms with Crippen LogP contribution in [0.25, 0.3) is 0 Å². The van der Waals surface area contributed by atoms with E-state index in [9.17, 15) is 9.59 Å². The molecule has 0 spiro atoms. The Bertz CT molecular complexity index is 1120. The Balaban J connectivity index is 1.90. The number of hydrogen-bond acceptors (Lipinski definition) is 3. The maximum Gasteiger partial charge on any atom is 0.261 e. The van der Waals surface area contributed by atoms with E-state index in [0.29, 0.717) is 28.8 Å². The number of rotatable bonds is 10. The van der Waals surface area contributed by atoms with Crippen LogP contribution in [0.2, 0.25) is 10.0 Å². The van der Waals surface area contributed by atoms with Crippen molar-refractivity contribution in [3.8, 4) is 5.75 Å². The minimum atomic E-state index is -0.709. The lowest BCUT2D eigenvalue weighted by atomic mass is 10.0. The average Bonchev–Trinajstić information content (AvgIpc) is 2.81. The average molecular weight is 499 g/mol. The number of likely N-dealkylation sites (N-methyl/N-ethyl adjacent to an activating group) is 1. The first kappa shape index (κ1) is 25.6. The molecule has 1 atom stereocenters. The summed E-state index contributed by atoms with van der Waals surface area (Å²) >= 11 is 12.2. The van der Waals surface area contributed by atoms with Crippen LogP contribution in [-0.4, -0.2) is 35.9 Å². The minimum Gasteiger partial charge on any atom is -0.482 e. The Morgan fingerprint density at radius 3 is 2.38 bits per heavy atom. The van der Waals surface area contributed by atoms with Crippen molar-refractivity contribution in [2.75, 3.05) is 13.2 Å². The highest BCUT2D eigenvalue weighted by Gasteiger charge is 2.30. The van der Waals surface area contributed by atoms with Gasteiger partial charge in [0.25, 0.3) is 5.91 Å². The van der Waals surface area contributed by atoms with E-state index in [4.69, 9.17) is 27.9 Å². The molecule has 3 aromatic carbocycles. The molecule has 5 nitrogen and oxygen atoms in total. The van der Waals surface area contributed by atoms with Gasteiger partial charge in [0.1, 0.15) is 11.8 Å². The Morgan fingerprint density at radius 2 is 1.71 bits per heavy atom. The fraction of sp³-hybridized carbons (Fsp3) is 0.259. The summed E-state index contributed by atoms with van der Waals surface area (Å²) in [4.78, 5) is 28.2. The van der Waals surface area contributed by atoms with E-state index < -0.39 is 6.04 Å². The molecule has 0 aliphatic heterocycles. The fourth-order valence-electron chi connectivity index (χ4n) is 3.67. The van der Waals surface area contributed by atoms with Gasteiger partial charge >= 0.3 is 0 Å². The minimum absolute atomic E-state index is 0.211. The summed E-state index contributed by atoms with van der Waals surface area (Å²) in [6, 6.07) is 21.7. The van der Waals surface area contributed by atoms with Crippen molar-refractivity contribution in [3.05, 3.63) is 99.5 Å². The van der Waals surface area contributed by atoms with Gasteiger partial charge in [0.15, 0.2) is 6.61 Å². The van der Waals surface area contributed by atoms with Crippen molar-refractivity contribution in [1.29, 1.82) is 0 Å². The second-order valence-corrected chi connectivity index (χ2v) is 8.82. The van der Waals surface area contributed by atoms with Crippen LogP contribution in [0.5, 0.6) is 5.75 Å². The summed E-state index contributed by atoms with van der Waals surface area (Å²) in [5.41, 5.74) is 2.97. The van der Waals surface area contributed by atoms with Gasteiger partial charge in [0.05, 0.1) is 5.02 Å². The lowest BCUT2D eigenvalue weighted by Crippen LogP contribution is -2.51. The predicted octanol–water partition coefficient (Wildman–Crippen LogP) is 5.46. The smallest absolute Gasteiger partial charge is 0.261 e. The zero-order chi connectivity index (χ0) is 24.5. The number of aryl methyl sites for hydroxylation is 1. The summed E-state index contributed by atoms with van der Waals surface area (Å²) < 4.78 is 5.72. The van der Waals surface area contributed by atoms with Gasteiger partial charge in [-0.3, -0.25) is 9.59 Å². The molecule has 0 aliphatic carbocycles. The van der Waals surface area contributed by atoms with Crippen molar-refractivity contribution in [2.24, 2.45) is 0 Å². The standard InChI is InChI=1S/C27H28Cl2N2O3/c1-3-30-27(33)24(15-20-9-5-4-6-10-20)31(17-21-11-7-8-19(2)14-21)26(32)18-34-25-13-12-22(28)16-23(25)29/h4-14,16,24H,3,15,17-18H2,1-2H3,(H,30,33). The summed E-state index contributed by atoms with van der Waals surface area (Å²) in [6.07, 6.45) is 0.381. The molecule has 0 bridgehead atoms. The monoisotopic (exact) mass is 498 g/mol. The van der Waals surface area contributed by atoms with Crippen LogP contribution in [0.4, 0.5) is 0 Å². The van der Waals surface area contributed by atoms with Gasteiger partial charge in [-0.05, 0) is 43.2 Å². The van der Waals surface area contributed by atoms with Crippen molar-refractivity contribution < 1.29 is 14.3 Å². The summed E-state index contributed by atoms with van der Waals surface area (Å²) in [6.45, 7) is 4.32. The van der Waals surface area contributed by atoms with Crippen LogP contribution < -0.4 is 10.1 Å². The molecule has 34 heavy (non-hydrogen) atoms. The van der Waals surface area contributed by atoms with Crippen LogP contribution in [0.15, 0.2) is 72.8 Å². The number of nitrogens with one attached hydrogen (secondary N) is 1. The Labute approximate surface area is 210 Å². The first-order valence-corrected chi connectivity index (χ1v) is 11.9. The molecule has 0 saturated heterocycles. The third kappa shape index (κ3) is 7.24. The van der Waals surface area contributed by atoms with E-state index in [1.807, 2.05) is 68.4 Å². The quantitative estimate of drug-likeness (QED) is 0.403. The number of halogens is 2. The Kier molecular flexibility index (Phi) is 9.37. The molecule has 0 heterocycles. The molecule has 0 fully saturated rings. The summed E-state index contributed by atoms with van der Waals surface area (Å²) in [5, 5.41) is 3.67. The highest BCUT2D eigenvalue weighted by Crippen LogP contribution is 2.27. The van der Waals surface area contributed by atoms with Crippen LogP contribution in [0.3, 0.4) is 0 Å². The number of carbonyl (C=O) groups excluding carboxylic acids is 2. The molecule has 0 saturated carbocycles. The predicted molar refractivity (Wildman–Crippen MR) is 136 cm³/mol. The van der Waals surface area contributed by atoms with Crippen LogP contribution in [-0.2, 0) is 22.6 Å². The maximum atomic E-state index is 13.5. The molecule has 1 unspecified atom stereocenters. The van der Waals surface area contributed by atoms with E-state index in [1.165, 1.54) is 0 Å². The molecule has 0 aliphatic rings. The number of hydrogen-bond donors (Lipinski definition) is 1. The highest BCUT2D eigenvalue weighted by molar-refractivity contribution is 6.35. The molecule has 178 valence electrons. The summed E-state index contributed by atoms with van der Waals surface area (Å²) in [5.74, 6) is -0.177. The third-order valence-corrected chi connectivity index (χ3v) is 5.83. The van der Waals surface area contributed by atoms with Gasteiger partial charge in [0, 0.05) is 24.5 Å². The lowest BCUT2D eigenvalue weighted by Gasteiger charge is -2.31. The first-order valence-electron chi connectivity index (χ1n) is 11.1. The third-order valence-electron chi connectivity index (χ3n) is 5.30. The molecular formula is C27H28Cl2N2O3. The van der Waals surface area contributed by atoms with E-state index in [-0.39, 0.29) is 25.0 Å². The van der Waals surface area contributed by atoms with Crippen molar-refractivity contribution >= 4 is 35.0 Å². The Morgan fingerprint density at radius 1 is 0.971 bits per heavy atom. The van der Waals surface area contributed by atoms with Gasteiger partial charge in [0.2, 0.25) is 5.91 Å². The van der Waals surface area contributed by atoms with Gasteiger partial charge in [-0.15, -0.1) is 0 Å². The zero-order valence-corrected chi connectivity index (χ0v) is 20.8. The molecule has 0 radical (unpaired) electrons.